The molecule has 1 atom stereocenters. The van der Waals surface area contributed by atoms with Crippen molar-refractivity contribution in [1.29, 1.82) is 0 Å². The highest BCUT2D eigenvalue weighted by atomic mass is 35.5. The molecule has 6 rings (SSSR count). The Kier molecular flexibility index (Phi) is 11.6. The number of hydrogen-bond donors (Lipinski definition) is 3. The van der Waals surface area contributed by atoms with Crippen LogP contribution >= 0.6 is 11.6 Å². The minimum Gasteiger partial charge on any atom is -0.356 e. The van der Waals surface area contributed by atoms with Gasteiger partial charge in [-0.2, -0.15) is 4.31 Å². The molecule has 1 saturated carbocycles. The summed E-state index contributed by atoms with van der Waals surface area (Å²) in [7, 11) is -3.83. The van der Waals surface area contributed by atoms with Gasteiger partial charge in [0, 0.05) is 101 Å². The van der Waals surface area contributed by atoms with E-state index in [1.165, 1.54) is 28.6 Å². The number of amides is 2. The molecular weight excluding hydrogens is 690 g/mol. The number of pyridine rings is 1. The summed E-state index contributed by atoms with van der Waals surface area (Å²) in [4.78, 5) is 35.5. The van der Waals surface area contributed by atoms with Crippen LogP contribution in [-0.2, 0) is 25.5 Å². The van der Waals surface area contributed by atoms with Crippen LogP contribution in [0.15, 0.2) is 41.3 Å². The summed E-state index contributed by atoms with van der Waals surface area (Å²) in [5.41, 5.74) is 5.93. The van der Waals surface area contributed by atoms with Crippen LogP contribution in [0.2, 0.25) is 5.15 Å². The average molecular weight is 737 g/mol. The molecule has 16 heteroatoms. The number of sulfonamides is 1. The normalized spacial score (nSPS) is 24.5. The molecule has 12 nitrogen and oxygen atoms in total. The Morgan fingerprint density at radius 3 is 2.36 bits per heavy atom. The van der Waals surface area contributed by atoms with Crippen molar-refractivity contribution in [3.05, 3.63) is 47.1 Å². The first kappa shape index (κ1) is 36.8. The Morgan fingerprint density at radius 1 is 1.02 bits per heavy atom. The molecule has 3 aliphatic heterocycles. The number of piperazine rings is 2. The molecule has 0 bridgehead atoms. The molecule has 2 amide bonds. The third-order valence-electron chi connectivity index (χ3n) is 10.6. The molecule has 4 aliphatic rings. The molecule has 0 radical (unpaired) electrons. The number of halogens is 3. The van der Waals surface area contributed by atoms with Gasteiger partial charge in [-0.25, -0.2) is 22.2 Å². The highest BCUT2D eigenvalue weighted by Gasteiger charge is 2.44. The maximum Gasteiger partial charge on any atom is 0.276 e. The van der Waals surface area contributed by atoms with E-state index in [0.29, 0.717) is 51.0 Å². The summed E-state index contributed by atoms with van der Waals surface area (Å²) in [6.45, 7) is 5.90. The molecule has 4 fully saturated rings. The van der Waals surface area contributed by atoms with Crippen LogP contribution in [0.25, 0.3) is 0 Å². The SMILES string of the molecule is NCCCNC(=O)C1CCC(C(F)(F)c2cc(Cl)nc(N3CCN(S(=O)(=O)c4ccc(N5CC(N6CCNCC6)CC5=O)cc4)CC3)c2)CC1. The fraction of sp³-hybridized carbons (Fsp3) is 0.618. The highest BCUT2D eigenvalue weighted by Crippen LogP contribution is 2.46. The number of rotatable bonds is 11. The molecule has 50 heavy (non-hydrogen) atoms. The first-order valence-corrected chi connectivity index (χ1v) is 19.4. The van der Waals surface area contributed by atoms with E-state index >= 15 is 8.78 Å². The third-order valence-corrected chi connectivity index (χ3v) is 12.7. The van der Waals surface area contributed by atoms with Crippen LogP contribution in [0.4, 0.5) is 20.3 Å². The number of aromatic nitrogens is 1. The molecule has 3 saturated heterocycles. The number of alkyl halides is 2. The molecule has 4 heterocycles. The lowest BCUT2D eigenvalue weighted by Gasteiger charge is -2.36. The van der Waals surface area contributed by atoms with Crippen molar-refractivity contribution < 1.29 is 26.8 Å². The second kappa shape index (κ2) is 15.7. The van der Waals surface area contributed by atoms with Gasteiger partial charge in [-0.1, -0.05) is 11.6 Å². The largest absolute Gasteiger partial charge is 0.356 e. The van der Waals surface area contributed by atoms with Gasteiger partial charge in [0.1, 0.15) is 11.0 Å². The second-order valence-electron chi connectivity index (χ2n) is 13.7. The Morgan fingerprint density at radius 2 is 1.70 bits per heavy atom. The molecule has 2 aromatic rings. The van der Waals surface area contributed by atoms with E-state index in [1.54, 1.807) is 21.9 Å². The number of anilines is 2. The Labute approximate surface area is 297 Å². The molecule has 1 aromatic carbocycles. The standard InChI is InChI=1S/C34H47ClF2N8O4S/c35-30-20-26(34(36,37)25-4-2-24(3-5-25)33(47)40-11-1-10-38)21-31(41-30)43-16-18-44(19-17-43)50(48,49)29-8-6-27(7-9-29)45-23-28(22-32(45)46)42-14-12-39-13-15-42/h6-9,20-21,24-25,28,39H,1-5,10-19,22-23,38H2,(H,40,47). The topological polar surface area (TPSA) is 144 Å². The van der Waals surface area contributed by atoms with E-state index in [0.717, 1.165) is 26.2 Å². The Bertz CT molecular complexity index is 1610. The molecule has 1 unspecified atom stereocenters. The second-order valence-corrected chi connectivity index (χ2v) is 16.0. The zero-order valence-corrected chi connectivity index (χ0v) is 29.8. The van der Waals surface area contributed by atoms with Crippen molar-refractivity contribution in [3.8, 4) is 0 Å². The van der Waals surface area contributed by atoms with Gasteiger partial charge in [-0.15, -0.1) is 0 Å². The fourth-order valence-corrected chi connectivity index (χ4v) is 9.21. The molecular formula is C34H47ClF2N8O4S. The van der Waals surface area contributed by atoms with Crippen molar-refractivity contribution in [2.75, 3.05) is 81.8 Å². The van der Waals surface area contributed by atoms with Crippen LogP contribution < -0.4 is 26.2 Å². The zero-order chi connectivity index (χ0) is 35.5. The molecule has 4 N–H and O–H groups in total. The lowest BCUT2D eigenvalue weighted by Crippen LogP contribution is -2.49. The average Bonchev–Trinajstić information content (AvgIpc) is 3.53. The Balaban J connectivity index is 1.05. The van der Waals surface area contributed by atoms with E-state index < -0.39 is 21.9 Å². The summed E-state index contributed by atoms with van der Waals surface area (Å²) in [6, 6.07) is 9.14. The first-order valence-electron chi connectivity index (χ1n) is 17.6. The van der Waals surface area contributed by atoms with E-state index in [9.17, 15) is 18.0 Å². The van der Waals surface area contributed by atoms with E-state index in [1.807, 2.05) is 0 Å². The van der Waals surface area contributed by atoms with Crippen LogP contribution in [0, 0.1) is 11.8 Å². The number of hydrogen-bond acceptors (Lipinski definition) is 9. The predicted molar refractivity (Wildman–Crippen MR) is 188 cm³/mol. The fourth-order valence-electron chi connectivity index (χ4n) is 7.58. The minimum atomic E-state index is -3.83. The summed E-state index contributed by atoms with van der Waals surface area (Å²) >= 11 is 6.27. The Hall–Kier alpha value is -2.95. The number of nitrogens with two attached hydrogens (primary N) is 1. The number of carbonyl (C=O) groups excluding carboxylic acids is 2. The van der Waals surface area contributed by atoms with Gasteiger partial charge in [-0.3, -0.25) is 14.5 Å². The molecule has 0 spiro atoms. The van der Waals surface area contributed by atoms with Crippen LogP contribution in [0.3, 0.4) is 0 Å². The van der Waals surface area contributed by atoms with Crippen molar-refractivity contribution in [3.63, 3.8) is 0 Å². The van der Waals surface area contributed by atoms with Crippen molar-refractivity contribution in [2.45, 2.75) is 55.4 Å². The van der Waals surface area contributed by atoms with Gasteiger partial charge in [0.15, 0.2) is 0 Å². The van der Waals surface area contributed by atoms with Crippen LogP contribution in [-0.4, -0.2) is 112 Å². The van der Waals surface area contributed by atoms with E-state index in [2.05, 4.69) is 20.5 Å². The van der Waals surface area contributed by atoms with Crippen LogP contribution in [0.1, 0.15) is 44.1 Å². The number of nitrogens with one attached hydrogen (secondary N) is 2. The van der Waals surface area contributed by atoms with E-state index in [4.69, 9.17) is 17.3 Å². The summed E-state index contributed by atoms with van der Waals surface area (Å²) in [5, 5.41) is 6.11. The molecule has 1 aromatic heterocycles. The van der Waals surface area contributed by atoms with Gasteiger partial charge in [-0.05, 0) is 75.0 Å². The summed E-state index contributed by atoms with van der Waals surface area (Å²) in [6.07, 6.45) is 2.30. The maximum absolute atomic E-state index is 15.9. The molecule has 1 aliphatic carbocycles. The lowest BCUT2D eigenvalue weighted by atomic mass is 9.77. The smallest absolute Gasteiger partial charge is 0.276 e. The first-order chi connectivity index (χ1) is 24.0. The predicted octanol–water partition coefficient (Wildman–Crippen LogP) is 2.62. The minimum absolute atomic E-state index is 0.0296. The number of nitrogens with zero attached hydrogens (tertiary/aromatic N) is 5. The highest BCUT2D eigenvalue weighted by molar-refractivity contribution is 7.89. The summed E-state index contributed by atoms with van der Waals surface area (Å²) in [5.74, 6) is -4.20. The zero-order valence-electron chi connectivity index (χ0n) is 28.2. The van der Waals surface area contributed by atoms with Gasteiger partial charge < -0.3 is 26.2 Å². The monoisotopic (exact) mass is 736 g/mol. The van der Waals surface area contributed by atoms with Crippen molar-refractivity contribution in [2.24, 2.45) is 17.6 Å². The van der Waals surface area contributed by atoms with Gasteiger partial charge in [0.25, 0.3) is 5.92 Å². The van der Waals surface area contributed by atoms with Gasteiger partial charge >= 0.3 is 0 Å². The number of benzene rings is 1. The quantitative estimate of drug-likeness (QED) is 0.234. The summed E-state index contributed by atoms with van der Waals surface area (Å²) < 4.78 is 60.3. The third kappa shape index (κ3) is 8.07. The maximum atomic E-state index is 15.9. The van der Waals surface area contributed by atoms with Crippen molar-refractivity contribution >= 4 is 44.9 Å². The number of carbonyl (C=O) groups is 2. The van der Waals surface area contributed by atoms with Crippen LogP contribution in [0.5, 0.6) is 0 Å². The lowest BCUT2D eigenvalue weighted by molar-refractivity contribution is -0.129. The van der Waals surface area contributed by atoms with Gasteiger partial charge in [0.2, 0.25) is 21.8 Å². The van der Waals surface area contributed by atoms with E-state index in [-0.39, 0.29) is 84.2 Å². The van der Waals surface area contributed by atoms with Gasteiger partial charge in [0.05, 0.1) is 4.90 Å². The molecule has 274 valence electrons. The van der Waals surface area contributed by atoms with Crippen molar-refractivity contribution in [1.82, 2.24) is 24.8 Å².